The van der Waals surface area contributed by atoms with Crippen molar-refractivity contribution in [3.05, 3.63) is 42.7 Å². The first-order valence-corrected chi connectivity index (χ1v) is 10.7. The van der Waals surface area contributed by atoms with Crippen molar-refractivity contribution < 1.29 is 9.53 Å². The molecule has 4 rings (SSSR count). The normalized spacial score (nSPS) is 23.2. The summed E-state index contributed by atoms with van der Waals surface area (Å²) in [5.74, 6) is 2.29. The monoisotopic (exact) mass is 397 g/mol. The van der Waals surface area contributed by atoms with E-state index in [1.54, 1.807) is 12.4 Å². The third kappa shape index (κ3) is 5.35. The zero-order valence-electron chi connectivity index (χ0n) is 17.2. The van der Waals surface area contributed by atoms with Gasteiger partial charge < -0.3 is 14.6 Å². The van der Waals surface area contributed by atoms with Crippen LogP contribution in [0.2, 0.25) is 0 Å². The summed E-state index contributed by atoms with van der Waals surface area (Å²) >= 11 is 0. The van der Waals surface area contributed by atoms with Gasteiger partial charge in [-0.05, 0) is 31.4 Å². The fraction of sp³-hybridized carbons (Fsp3) is 0.591. The molecule has 3 heterocycles. The molecule has 156 valence electrons. The molecule has 1 N–H and O–H groups in total. The number of piperidine rings is 1. The molecule has 0 radical (unpaired) electrons. The number of nitrogens with one attached hydrogen (secondary N) is 1. The van der Waals surface area contributed by atoms with Crippen molar-refractivity contribution in [1.82, 2.24) is 24.8 Å². The van der Waals surface area contributed by atoms with Crippen LogP contribution in [0.15, 0.2) is 36.9 Å². The molecule has 1 aliphatic heterocycles. The van der Waals surface area contributed by atoms with Crippen LogP contribution in [-0.4, -0.2) is 51.1 Å². The van der Waals surface area contributed by atoms with E-state index in [9.17, 15) is 4.79 Å². The number of rotatable bonds is 7. The van der Waals surface area contributed by atoms with E-state index < -0.39 is 0 Å². The summed E-state index contributed by atoms with van der Waals surface area (Å²) in [6, 6.07) is 4.16. The first kappa shape index (κ1) is 19.9. The number of carbonyl (C=O) groups is 1. The standard InChI is InChI=1S/C22H31N5O2/c1-26-10-9-24-21(26)15-27-13-17(16-29-20-7-4-8-23-12-20)11-18(14-27)22(28)25-19-5-2-3-6-19/h4,7-10,12,17-19H,2-3,5-6,11,13-16H2,1H3,(H,25,28)/t17-,18+/m0/s1. The minimum absolute atomic E-state index is 0.00730. The summed E-state index contributed by atoms with van der Waals surface area (Å²) in [6.07, 6.45) is 12.8. The molecule has 2 atom stereocenters. The Labute approximate surface area is 172 Å². The largest absolute Gasteiger partial charge is 0.492 e. The number of ether oxygens (including phenoxy) is 1. The third-order valence-electron chi connectivity index (χ3n) is 6.09. The van der Waals surface area contributed by atoms with Crippen LogP contribution in [0.3, 0.4) is 0 Å². The molecule has 2 aromatic rings. The van der Waals surface area contributed by atoms with E-state index in [0.717, 1.165) is 50.5 Å². The van der Waals surface area contributed by atoms with Crippen molar-refractivity contribution in [2.45, 2.75) is 44.7 Å². The number of likely N-dealkylation sites (tertiary alicyclic amines) is 1. The Morgan fingerprint density at radius 2 is 2.14 bits per heavy atom. The number of aryl methyl sites for hydroxylation is 1. The zero-order valence-corrected chi connectivity index (χ0v) is 17.2. The quantitative estimate of drug-likeness (QED) is 0.777. The highest BCUT2D eigenvalue weighted by molar-refractivity contribution is 5.79. The molecule has 0 aromatic carbocycles. The van der Waals surface area contributed by atoms with Crippen LogP contribution in [0, 0.1) is 11.8 Å². The molecule has 2 aromatic heterocycles. The SMILES string of the molecule is Cn1ccnc1CN1C[C@@H](COc2cccnc2)C[C@@H](C(=O)NC2CCCC2)C1. The number of imidazole rings is 1. The first-order chi connectivity index (χ1) is 14.2. The number of aromatic nitrogens is 3. The lowest BCUT2D eigenvalue weighted by Gasteiger charge is -2.37. The highest BCUT2D eigenvalue weighted by Crippen LogP contribution is 2.26. The van der Waals surface area contributed by atoms with Crippen LogP contribution < -0.4 is 10.1 Å². The molecule has 7 nitrogen and oxygen atoms in total. The zero-order chi connectivity index (χ0) is 20.1. The smallest absolute Gasteiger partial charge is 0.224 e. The summed E-state index contributed by atoms with van der Waals surface area (Å²) < 4.78 is 8.02. The van der Waals surface area contributed by atoms with Crippen LogP contribution in [0.4, 0.5) is 0 Å². The van der Waals surface area contributed by atoms with Crippen molar-refractivity contribution in [2.24, 2.45) is 18.9 Å². The highest BCUT2D eigenvalue weighted by atomic mass is 16.5. The van der Waals surface area contributed by atoms with Crippen LogP contribution in [0.25, 0.3) is 0 Å². The molecule has 0 bridgehead atoms. The van der Waals surface area contributed by atoms with Gasteiger partial charge in [0.25, 0.3) is 0 Å². The molecule has 2 aliphatic rings. The fourth-order valence-corrected chi connectivity index (χ4v) is 4.53. The summed E-state index contributed by atoms with van der Waals surface area (Å²) in [5.41, 5.74) is 0. The van der Waals surface area contributed by atoms with Crippen molar-refractivity contribution >= 4 is 5.91 Å². The Kier molecular flexibility index (Phi) is 6.44. The maximum absolute atomic E-state index is 13.0. The molecule has 2 fully saturated rings. The Bertz CT molecular complexity index is 788. The molecule has 1 amide bonds. The lowest BCUT2D eigenvalue weighted by atomic mass is 9.88. The van der Waals surface area contributed by atoms with Gasteiger partial charge in [-0.3, -0.25) is 14.7 Å². The molecule has 1 saturated heterocycles. The van der Waals surface area contributed by atoms with Gasteiger partial charge in [-0.15, -0.1) is 0 Å². The van der Waals surface area contributed by atoms with Crippen LogP contribution in [0.5, 0.6) is 5.75 Å². The number of nitrogens with zero attached hydrogens (tertiary/aromatic N) is 4. The van der Waals surface area contributed by atoms with Gasteiger partial charge in [-0.1, -0.05) is 12.8 Å². The van der Waals surface area contributed by atoms with Crippen molar-refractivity contribution in [1.29, 1.82) is 0 Å². The minimum Gasteiger partial charge on any atom is -0.492 e. The van der Waals surface area contributed by atoms with E-state index in [1.165, 1.54) is 12.8 Å². The number of pyridine rings is 1. The molecule has 1 aliphatic carbocycles. The molecule has 7 heteroatoms. The predicted octanol–water partition coefficient (Wildman–Crippen LogP) is 2.39. The second-order valence-corrected chi connectivity index (χ2v) is 8.44. The maximum atomic E-state index is 13.0. The van der Waals surface area contributed by atoms with Gasteiger partial charge in [0.05, 0.1) is 25.3 Å². The van der Waals surface area contributed by atoms with Gasteiger partial charge in [-0.25, -0.2) is 4.98 Å². The third-order valence-corrected chi connectivity index (χ3v) is 6.09. The van der Waals surface area contributed by atoms with Crippen molar-refractivity contribution in [3.8, 4) is 5.75 Å². The van der Waals surface area contributed by atoms with E-state index in [1.807, 2.05) is 36.1 Å². The Morgan fingerprint density at radius 3 is 2.86 bits per heavy atom. The van der Waals surface area contributed by atoms with Crippen LogP contribution >= 0.6 is 0 Å². The van der Waals surface area contributed by atoms with Gasteiger partial charge in [-0.2, -0.15) is 0 Å². The van der Waals surface area contributed by atoms with Gasteiger partial charge in [0.2, 0.25) is 5.91 Å². The van der Waals surface area contributed by atoms with E-state index >= 15 is 0 Å². The predicted molar refractivity (Wildman–Crippen MR) is 110 cm³/mol. The summed E-state index contributed by atoms with van der Waals surface area (Å²) in [4.78, 5) is 23.9. The summed E-state index contributed by atoms with van der Waals surface area (Å²) in [5, 5.41) is 3.30. The number of hydrogen-bond donors (Lipinski definition) is 1. The van der Waals surface area contributed by atoms with Gasteiger partial charge in [0.15, 0.2) is 0 Å². The van der Waals surface area contributed by atoms with Crippen molar-refractivity contribution in [2.75, 3.05) is 19.7 Å². The van der Waals surface area contributed by atoms with Crippen LogP contribution in [-0.2, 0) is 18.4 Å². The molecule has 1 saturated carbocycles. The fourth-order valence-electron chi connectivity index (χ4n) is 4.53. The molecule has 0 unspecified atom stereocenters. The maximum Gasteiger partial charge on any atom is 0.224 e. The Hall–Kier alpha value is -2.41. The van der Waals surface area contributed by atoms with E-state index in [0.29, 0.717) is 18.6 Å². The van der Waals surface area contributed by atoms with Gasteiger partial charge in [0, 0.05) is 50.7 Å². The van der Waals surface area contributed by atoms with E-state index in [2.05, 4.69) is 20.2 Å². The first-order valence-electron chi connectivity index (χ1n) is 10.7. The lowest BCUT2D eigenvalue weighted by Crippen LogP contribution is -2.49. The van der Waals surface area contributed by atoms with Gasteiger partial charge in [0.1, 0.15) is 11.6 Å². The number of hydrogen-bond acceptors (Lipinski definition) is 5. The summed E-state index contributed by atoms with van der Waals surface area (Å²) in [6.45, 7) is 3.02. The molecular formula is C22H31N5O2. The number of amides is 1. The average Bonchev–Trinajstić information content (AvgIpc) is 3.39. The average molecular weight is 398 g/mol. The number of carbonyl (C=O) groups excluding carboxylic acids is 1. The Morgan fingerprint density at radius 1 is 1.28 bits per heavy atom. The van der Waals surface area contributed by atoms with Crippen molar-refractivity contribution in [3.63, 3.8) is 0 Å². The lowest BCUT2D eigenvalue weighted by molar-refractivity contribution is -0.128. The second kappa shape index (κ2) is 9.39. The molecule has 29 heavy (non-hydrogen) atoms. The van der Waals surface area contributed by atoms with Gasteiger partial charge >= 0.3 is 0 Å². The highest BCUT2D eigenvalue weighted by Gasteiger charge is 2.33. The molecule has 0 spiro atoms. The van der Waals surface area contributed by atoms with E-state index in [4.69, 9.17) is 4.74 Å². The van der Waals surface area contributed by atoms with E-state index in [-0.39, 0.29) is 11.8 Å². The molecular weight excluding hydrogens is 366 g/mol. The Balaban J connectivity index is 1.40. The van der Waals surface area contributed by atoms with Crippen LogP contribution in [0.1, 0.15) is 37.9 Å². The second-order valence-electron chi connectivity index (χ2n) is 8.44. The minimum atomic E-state index is -0.00730. The topological polar surface area (TPSA) is 72.3 Å². The summed E-state index contributed by atoms with van der Waals surface area (Å²) in [7, 11) is 2.01.